The van der Waals surface area contributed by atoms with Crippen molar-refractivity contribution in [1.29, 1.82) is 0 Å². The summed E-state index contributed by atoms with van der Waals surface area (Å²) in [7, 11) is 0. The molecule has 0 spiro atoms. The summed E-state index contributed by atoms with van der Waals surface area (Å²) in [6.07, 6.45) is 0. The first-order chi connectivity index (χ1) is 7.09. The summed E-state index contributed by atoms with van der Waals surface area (Å²) >= 11 is 11.6. The molecule has 0 heterocycles. The van der Waals surface area contributed by atoms with E-state index in [9.17, 15) is 4.79 Å². The number of carboxylic acid groups (broad SMARTS) is 1. The van der Waals surface area contributed by atoms with Crippen molar-refractivity contribution in [3.8, 4) is 0 Å². The number of carboxylic acids is 1. The van der Waals surface area contributed by atoms with Crippen LogP contribution < -0.4 is 0 Å². The van der Waals surface area contributed by atoms with E-state index in [4.69, 9.17) is 28.3 Å². The largest absolute Gasteiger partial charge is 0.478 e. The topological polar surface area (TPSA) is 37.3 Å². The molecule has 2 aromatic carbocycles. The van der Waals surface area contributed by atoms with Gasteiger partial charge in [-0.2, -0.15) is 0 Å². The monoisotopic (exact) mass is 240 g/mol. The highest BCUT2D eigenvalue weighted by molar-refractivity contribution is 6.35. The van der Waals surface area contributed by atoms with Gasteiger partial charge in [-0.3, -0.25) is 0 Å². The smallest absolute Gasteiger partial charge is 0.337 e. The van der Waals surface area contributed by atoms with E-state index in [1.165, 1.54) is 0 Å². The summed E-state index contributed by atoms with van der Waals surface area (Å²) in [4.78, 5) is 11.0. The first-order valence-corrected chi connectivity index (χ1v) is 4.96. The van der Waals surface area contributed by atoms with Crippen LogP contribution in [0.15, 0.2) is 30.3 Å². The van der Waals surface area contributed by atoms with Crippen LogP contribution in [0.2, 0.25) is 10.0 Å². The molecule has 0 saturated carbocycles. The van der Waals surface area contributed by atoms with Crippen molar-refractivity contribution in [3.05, 3.63) is 45.9 Å². The first kappa shape index (κ1) is 10.3. The zero-order valence-corrected chi connectivity index (χ0v) is 9.01. The Kier molecular flexibility index (Phi) is 2.55. The van der Waals surface area contributed by atoms with Gasteiger partial charge in [0, 0.05) is 5.02 Å². The minimum absolute atomic E-state index is 0.117. The van der Waals surface area contributed by atoms with Crippen LogP contribution in [0.5, 0.6) is 0 Å². The average Bonchev–Trinajstić information content (AvgIpc) is 2.17. The molecule has 0 bridgehead atoms. The molecule has 0 unspecified atom stereocenters. The van der Waals surface area contributed by atoms with Crippen LogP contribution in [-0.2, 0) is 0 Å². The molecule has 0 aromatic heterocycles. The Balaban J connectivity index is 2.88. The van der Waals surface area contributed by atoms with Gasteiger partial charge in [-0.25, -0.2) is 4.79 Å². The second-order valence-corrected chi connectivity index (χ2v) is 3.94. The van der Waals surface area contributed by atoms with E-state index in [0.29, 0.717) is 10.4 Å². The van der Waals surface area contributed by atoms with E-state index in [1.807, 2.05) is 0 Å². The molecule has 76 valence electrons. The van der Waals surface area contributed by atoms with E-state index >= 15 is 0 Å². The Bertz CT molecular complexity index is 550. The van der Waals surface area contributed by atoms with Crippen molar-refractivity contribution in [2.45, 2.75) is 0 Å². The van der Waals surface area contributed by atoms with Gasteiger partial charge >= 0.3 is 5.97 Å². The highest BCUT2D eigenvalue weighted by Gasteiger charge is 2.12. The standard InChI is InChI=1S/C11H6Cl2O2/c12-7-2-3-8-6(5-7)1-4-9(13)10(8)11(14)15/h1-5H,(H,14,15). The second kappa shape index (κ2) is 3.72. The molecule has 2 rings (SSSR count). The lowest BCUT2D eigenvalue weighted by molar-refractivity contribution is 0.0699. The third-order valence-corrected chi connectivity index (χ3v) is 2.69. The lowest BCUT2D eigenvalue weighted by Gasteiger charge is -2.04. The zero-order valence-electron chi connectivity index (χ0n) is 7.50. The number of rotatable bonds is 1. The molecule has 2 aromatic rings. The maximum atomic E-state index is 11.0. The van der Waals surface area contributed by atoms with Crippen molar-refractivity contribution < 1.29 is 9.90 Å². The van der Waals surface area contributed by atoms with Gasteiger partial charge in [0.25, 0.3) is 0 Å². The van der Waals surface area contributed by atoms with Crippen LogP contribution in [0.3, 0.4) is 0 Å². The third kappa shape index (κ3) is 1.78. The number of hydrogen-bond donors (Lipinski definition) is 1. The van der Waals surface area contributed by atoms with Crippen molar-refractivity contribution in [2.24, 2.45) is 0 Å². The molecule has 4 heteroatoms. The van der Waals surface area contributed by atoms with Gasteiger partial charge in [-0.1, -0.05) is 35.3 Å². The summed E-state index contributed by atoms with van der Waals surface area (Å²) in [6, 6.07) is 8.32. The molecule has 0 aliphatic heterocycles. The Morgan fingerprint density at radius 1 is 1.13 bits per heavy atom. The highest BCUT2D eigenvalue weighted by Crippen LogP contribution is 2.28. The fourth-order valence-corrected chi connectivity index (χ4v) is 1.92. The van der Waals surface area contributed by atoms with Gasteiger partial charge in [0.1, 0.15) is 0 Å². The van der Waals surface area contributed by atoms with E-state index in [2.05, 4.69) is 0 Å². The Morgan fingerprint density at radius 3 is 2.53 bits per heavy atom. The lowest BCUT2D eigenvalue weighted by atomic mass is 10.0. The van der Waals surface area contributed by atoms with Gasteiger partial charge < -0.3 is 5.11 Å². The highest BCUT2D eigenvalue weighted by atomic mass is 35.5. The molecule has 0 amide bonds. The molecule has 0 fully saturated rings. The fourth-order valence-electron chi connectivity index (χ4n) is 1.49. The van der Waals surface area contributed by atoms with Crippen molar-refractivity contribution in [2.75, 3.05) is 0 Å². The fraction of sp³-hybridized carbons (Fsp3) is 0. The number of hydrogen-bond acceptors (Lipinski definition) is 1. The van der Waals surface area contributed by atoms with E-state index in [1.54, 1.807) is 30.3 Å². The van der Waals surface area contributed by atoms with Crippen LogP contribution in [0.25, 0.3) is 10.8 Å². The molecule has 0 radical (unpaired) electrons. The predicted molar refractivity (Wildman–Crippen MR) is 60.9 cm³/mol. The Morgan fingerprint density at radius 2 is 1.87 bits per heavy atom. The SMILES string of the molecule is O=C(O)c1c(Cl)ccc2cc(Cl)ccc12. The number of fused-ring (bicyclic) bond motifs is 1. The quantitative estimate of drug-likeness (QED) is 0.823. The predicted octanol–water partition coefficient (Wildman–Crippen LogP) is 3.84. The van der Waals surface area contributed by atoms with Crippen LogP contribution in [0.4, 0.5) is 0 Å². The summed E-state index contributed by atoms with van der Waals surface area (Å²) in [5.74, 6) is -1.03. The van der Waals surface area contributed by atoms with E-state index in [0.717, 1.165) is 5.39 Å². The third-order valence-electron chi connectivity index (χ3n) is 2.14. The van der Waals surface area contributed by atoms with Gasteiger partial charge in [-0.15, -0.1) is 0 Å². The molecule has 0 saturated heterocycles. The molecular formula is C11H6Cl2O2. The van der Waals surface area contributed by atoms with Crippen molar-refractivity contribution in [1.82, 2.24) is 0 Å². The van der Waals surface area contributed by atoms with Gasteiger partial charge in [0.2, 0.25) is 0 Å². The summed E-state index contributed by atoms with van der Waals surface area (Å²) in [5.41, 5.74) is 0.117. The molecule has 2 nitrogen and oxygen atoms in total. The van der Waals surface area contributed by atoms with Crippen LogP contribution in [-0.4, -0.2) is 11.1 Å². The van der Waals surface area contributed by atoms with Crippen molar-refractivity contribution in [3.63, 3.8) is 0 Å². The van der Waals surface area contributed by atoms with E-state index in [-0.39, 0.29) is 10.6 Å². The van der Waals surface area contributed by atoms with Gasteiger partial charge in [0.15, 0.2) is 0 Å². The summed E-state index contributed by atoms with van der Waals surface area (Å²) in [6.45, 7) is 0. The molecule has 1 N–H and O–H groups in total. The summed E-state index contributed by atoms with van der Waals surface area (Å²) < 4.78 is 0. The van der Waals surface area contributed by atoms with Crippen molar-refractivity contribution >= 4 is 39.9 Å². The normalized spacial score (nSPS) is 10.5. The lowest BCUT2D eigenvalue weighted by Crippen LogP contribution is -1.98. The molecule has 15 heavy (non-hydrogen) atoms. The van der Waals surface area contributed by atoms with Crippen LogP contribution >= 0.6 is 23.2 Å². The number of benzene rings is 2. The van der Waals surface area contributed by atoms with Gasteiger partial charge in [0.05, 0.1) is 10.6 Å². The molecular weight excluding hydrogens is 235 g/mol. The average molecular weight is 241 g/mol. The number of aromatic carboxylic acids is 1. The molecule has 0 aliphatic carbocycles. The van der Waals surface area contributed by atoms with Gasteiger partial charge in [-0.05, 0) is 29.0 Å². The summed E-state index contributed by atoms with van der Waals surface area (Å²) in [5, 5.41) is 11.2. The van der Waals surface area contributed by atoms with Crippen LogP contribution in [0.1, 0.15) is 10.4 Å². The minimum atomic E-state index is -1.03. The number of halogens is 2. The first-order valence-electron chi connectivity index (χ1n) is 4.20. The Hall–Kier alpha value is -1.25. The maximum absolute atomic E-state index is 11.0. The number of carbonyl (C=O) groups is 1. The molecule has 0 aliphatic rings. The maximum Gasteiger partial charge on any atom is 0.337 e. The zero-order chi connectivity index (χ0) is 11.0. The minimum Gasteiger partial charge on any atom is -0.478 e. The van der Waals surface area contributed by atoms with Crippen LogP contribution in [0, 0.1) is 0 Å². The Labute approximate surface area is 96.0 Å². The van der Waals surface area contributed by atoms with E-state index < -0.39 is 5.97 Å². The molecule has 0 atom stereocenters. The second-order valence-electron chi connectivity index (χ2n) is 3.09.